The zero-order valence-electron chi connectivity index (χ0n) is 13.5. The topological polar surface area (TPSA) is 59.8 Å². The molecule has 1 aromatic carbocycles. The molecule has 0 unspecified atom stereocenters. The van der Waals surface area contributed by atoms with E-state index in [1.165, 1.54) is 0 Å². The van der Waals surface area contributed by atoms with Gasteiger partial charge in [0.15, 0.2) is 0 Å². The Balaban J connectivity index is 1.84. The maximum absolute atomic E-state index is 12.5. The molecule has 0 saturated heterocycles. The number of pyridine rings is 1. The summed E-state index contributed by atoms with van der Waals surface area (Å²) >= 11 is 6.39. The van der Waals surface area contributed by atoms with Gasteiger partial charge in [-0.3, -0.25) is 4.79 Å². The zero-order valence-corrected chi connectivity index (χ0v) is 14.2. The van der Waals surface area contributed by atoms with Crippen LogP contribution in [0.5, 0.6) is 0 Å². The number of aryl methyl sites for hydroxylation is 2. The summed E-state index contributed by atoms with van der Waals surface area (Å²) in [4.78, 5) is 16.7. The number of amides is 1. The van der Waals surface area contributed by atoms with Gasteiger partial charge in [-0.2, -0.15) is 5.10 Å². The molecule has 0 atom stereocenters. The lowest BCUT2D eigenvalue weighted by molar-refractivity contribution is 0.102. The van der Waals surface area contributed by atoms with Gasteiger partial charge in [0.1, 0.15) is 11.0 Å². The van der Waals surface area contributed by atoms with Crippen LogP contribution in [0.4, 0.5) is 5.82 Å². The number of carbonyl (C=O) groups excluding carboxylic acids is 1. The number of nitrogens with zero attached hydrogens (tertiary/aromatic N) is 3. The fourth-order valence-corrected chi connectivity index (χ4v) is 2.78. The lowest BCUT2D eigenvalue weighted by atomic mass is 10.2. The van der Waals surface area contributed by atoms with Crippen LogP contribution in [-0.4, -0.2) is 20.7 Å². The highest BCUT2D eigenvalue weighted by Gasteiger charge is 2.20. The number of aromatic nitrogens is 3. The van der Waals surface area contributed by atoms with Crippen LogP contribution in [0.3, 0.4) is 0 Å². The van der Waals surface area contributed by atoms with Crippen molar-refractivity contribution in [3.8, 4) is 0 Å². The Hall–Kier alpha value is -2.66. The summed E-state index contributed by atoms with van der Waals surface area (Å²) in [7, 11) is 0. The van der Waals surface area contributed by atoms with Gasteiger partial charge in [0, 0.05) is 6.20 Å². The largest absolute Gasteiger partial charge is 0.306 e. The van der Waals surface area contributed by atoms with Gasteiger partial charge in [0.05, 0.1) is 17.8 Å². The zero-order chi connectivity index (χ0) is 17.1. The molecule has 0 saturated carbocycles. The number of carbonyl (C=O) groups is 1. The molecule has 0 aliphatic rings. The molecule has 3 aromatic rings. The molecular weight excluding hydrogens is 324 g/mol. The van der Waals surface area contributed by atoms with Crippen molar-refractivity contribution in [2.45, 2.75) is 20.4 Å². The van der Waals surface area contributed by atoms with Crippen molar-refractivity contribution in [2.75, 3.05) is 5.32 Å². The molecule has 0 radical (unpaired) electrons. The Morgan fingerprint density at radius 3 is 2.67 bits per heavy atom. The summed E-state index contributed by atoms with van der Waals surface area (Å²) < 4.78 is 1.63. The Morgan fingerprint density at radius 2 is 1.96 bits per heavy atom. The van der Waals surface area contributed by atoms with Gasteiger partial charge in [-0.15, -0.1) is 0 Å². The summed E-state index contributed by atoms with van der Waals surface area (Å²) in [6.07, 6.45) is 1.65. The van der Waals surface area contributed by atoms with Crippen LogP contribution in [0.1, 0.15) is 27.2 Å². The van der Waals surface area contributed by atoms with Gasteiger partial charge in [-0.1, -0.05) is 41.9 Å². The molecule has 2 heterocycles. The van der Waals surface area contributed by atoms with E-state index in [4.69, 9.17) is 11.6 Å². The van der Waals surface area contributed by atoms with Gasteiger partial charge in [0.25, 0.3) is 5.91 Å². The van der Waals surface area contributed by atoms with E-state index in [-0.39, 0.29) is 5.91 Å². The number of benzene rings is 1. The molecule has 0 fully saturated rings. The van der Waals surface area contributed by atoms with Crippen molar-refractivity contribution in [1.29, 1.82) is 0 Å². The first-order valence-electron chi connectivity index (χ1n) is 7.55. The number of hydrogen-bond acceptors (Lipinski definition) is 3. The van der Waals surface area contributed by atoms with E-state index < -0.39 is 0 Å². The minimum atomic E-state index is -0.310. The first-order valence-corrected chi connectivity index (χ1v) is 7.93. The van der Waals surface area contributed by atoms with Crippen LogP contribution in [0.2, 0.25) is 5.15 Å². The molecule has 1 amide bonds. The summed E-state index contributed by atoms with van der Waals surface area (Å²) in [5.74, 6) is 0.182. The van der Waals surface area contributed by atoms with E-state index in [1.807, 2.05) is 43.3 Å². The van der Waals surface area contributed by atoms with Crippen molar-refractivity contribution in [1.82, 2.24) is 14.8 Å². The maximum atomic E-state index is 12.5. The molecule has 0 aliphatic heterocycles. The highest BCUT2D eigenvalue weighted by Crippen LogP contribution is 2.22. The third kappa shape index (κ3) is 3.46. The number of halogens is 1. The molecule has 5 nitrogen and oxygen atoms in total. The minimum absolute atomic E-state index is 0.310. The smallest absolute Gasteiger partial charge is 0.261 e. The average Bonchev–Trinajstić information content (AvgIpc) is 2.82. The van der Waals surface area contributed by atoms with Crippen molar-refractivity contribution >= 4 is 23.3 Å². The fraction of sp³-hybridized carbons (Fsp3) is 0.167. The highest BCUT2D eigenvalue weighted by molar-refractivity contribution is 6.33. The molecular formula is C18H17ClN4O. The highest BCUT2D eigenvalue weighted by atomic mass is 35.5. The van der Waals surface area contributed by atoms with Crippen molar-refractivity contribution < 1.29 is 4.79 Å². The Bertz CT molecular complexity index is 874. The lowest BCUT2D eigenvalue weighted by Crippen LogP contribution is -2.14. The van der Waals surface area contributed by atoms with Crippen LogP contribution in [0.15, 0.2) is 48.7 Å². The second kappa shape index (κ2) is 6.84. The SMILES string of the molecule is Cc1ccnc(NC(=O)c2c(C)nn(Cc3ccccc3)c2Cl)c1. The van der Waals surface area contributed by atoms with E-state index >= 15 is 0 Å². The predicted octanol–water partition coefficient (Wildman–Crippen LogP) is 3.85. The molecule has 24 heavy (non-hydrogen) atoms. The van der Waals surface area contributed by atoms with Crippen LogP contribution < -0.4 is 5.32 Å². The Morgan fingerprint density at radius 1 is 1.21 bits per heavy atom. The quantitative estimate of drug-likeness (QED) is 0.784. The van der Waals surface area contributed by atoms with Crippen LogP contribution in [0, 0.1) is 13.8 Å². The van der Waals surface area contributed by atoms with Gasteiger partial charge in [-0.25, -0.2) is 9.67 Å². The lowest BCUT2D eigenvalue weighted by Gasteiger charge is -2.06. The van der Waals surface area contributed by atoms with Crippen LogP contribution >= 0.6 is 11.6 Å². The number of hydrogen-bond donors (Lipinski definition) is 1. The van der Waals surface area contributed by atoms with Crippen molar-refractivity contribution in [3.05, 3.63) is 76.2 Å². The molecule has 122 valence electrons. The third-order valence-electron chi connectivity index (χ3n) is 3.62. The molecule has 1 N–H and O–H groups in total. The second-order valence-corrected chi connectivity index (χ2v) is 5.93. The van der Waals surface area contributed by atoms with Crippen molar-refractivity contribution in [2.24, 2.45) is 0 Å². The predicted molar refractivity (Wildman–Crippen MR) is 94.4 cm³/mol. The van der Waals surface area contributed by atoms with E-state index in [2.05, 4.69) is 15.4 Å². The number of anilines is 1. The van der Waals surface area contributed by atoms with Crippen LogP contribution in [-0.2, 0) is 6.54 Å². The first kappa shape index (κ1) is 16.2. The fourth-order valence-electron chi connectivity index (χ4n) is 2.46. The van der Waals surface area contributed by atoms with E-state index in [0.717, 1.165) is 11.1 Å². The molecule has 0 spiro atoms. The van der Waals surface area contributed by atoms with E-state index in [0.29, 0.717) is 28.8 Å². The summed E-state index contributed by atoms with van der Waals surface area (Å²) in [5.41, 5.74) is 3.04. The van der Waals surface area contributed by atoms with E-state index in [1.54, 1.807) is 23.9 Å². The monoisotopic (exact) mass is 340 g/mol. The Kier molecular flexibility index (Phi) is 4.62. The van der Waals surface area contributed by atoms with Gasteiger partial charge in [0.2, 0.25) is 0 Å². The summed E-state index contributed by atoms with van der Waals surface area (Å²) in [6, 6.07) is 13.5. The summed E-state index contributed by atoms with van der Waals surface area (Å²) in [5, 5.41) is 7.48. The maximum Gasteiger partial charge on any atom is 0.261 e. The third-order valence-corrected chi connectivity index (χ3v) is 4.01. The normalized spacial score (nSPS) is 10.6. The number of rotatable bonds is 4. The summed E-state index contributed by atoms with van der Waals surface area (Å²) in [6.45, 7) is 4.22. The number of nitrogens with one attached hydrogen (secondary N) is 1. The Labute approximate surface area is 145 Å². The molecule has 3 rings (SSSR count). The molecule has 6 heteroatoms. The van der Waals surface area contributed by atoms with Gasteiger partial charge < -0.3 is 5.32 Å². The first-order chi connectivity index (χ1) is 11.5. The molecule has 0 bridgehead atoms. The molecule has 2 aromatic heterocycles. The van der Waals surface area contributed by atoms with E-state index in [9.17, 15) is 4.79 Å². The average molecular weight is 341 g/mol. The van der Waals surface area contributed by atoms with Gasteiger partial charge in [-0.05, 0) is 37.1 Å². The standard InChI is InChI=1S/C18H17ClN4O/c1-12-8-9-20-15(10-12)21-18(24)16-13(2)22-23(17(16)19)11-14-6-4-3-5-7-14/h3-10H,11H2,1-2H3,(H,20,21,24). The van der Waals surface area contributed by atoms with Gasteiger partial charge >= 0.3 is 0 Å². The van der Waals surface area contributed by atoms with Crippen molar-refractivity contribution in [3.63, 3.8) is 0 Å². The minimum Gasteiger partial charge on any atom is -0.306 e. The van der Waals surface area contributed by atoms with Crippen LogP contribution in [0.25, 0.3) is 0 Å². The molecule has 0 aliphatic carbocycles. The second-order valence-electron chi connectivity index (χ2n) is 5.57.